The van der Waals surface area contributed by atoms with Gasteiger partial charge in [-0.15, -0.1) is 0 Å². The largest absolute Gasteiger partial charge is 0.465 e. The maximum atomic E-state index is 13.7. The van der Waals surface area contributed by atoms with E-state index in [1.165, 1.54) is 19.2 Å². The smallest absolute Gasteiger partial charge is 0.340 e. The van der Waals surface area contributed by atoms with E-state index in [-0.39, 0.29) is 11.2 Å². The summed E-state index contributed by atoms with van der Waals surface area (Å²) in [6.07, 6.45) is 0. The standard InChI is InChI=1S/C14H20FNO3/c1-14(2,19-4)9-16-8-10-5-6-11(12(15)7-10)13(17)18-3/h5-7,16H,8-9H2,1-4H3. The molecule has 1 aromatic carbocycles. The average Bonchev–Trinajstić information content (AvgIpc) is 2.38. The highest BCUT2D eigenvalue weighted by Gasteiger charge is 2.16. The van der Waals surface area contributed by atoms with E-state index in [1.54, 1.807) is 13.2 Å². The van der Waals surface area contributed by atoms with Gasteiger partial charge in [0.1, 0.15) is 5.82 Å². The van der Waals surface area contributed by atoms with Crippen molar-refractivity contribution in [2.45, 2.75) is 26.0 Å². The number of carbonyl (C=O) groups excluding carboxylic acids is 1. The minimum Gasteiger partial charge on any atom is -0.465 e. The molecule has 19 heavy (non-hydrogen) atoms. The van der Waals surface area contributed by atoms with Gasteiger partial charge in [0.15, 0.2) is 0 Å². The van der Waals surface area contributed by atoms with Gasteiger partial charge in [0.05, 0.1) is 18.3 Å². The van der Waals surface area contributed by atoms with Gasteiger partial charge in [0.25, 0.3) is 0 Å². The van der Waals surface area contributed by atoms with Crippen molar-refractivity contribution in [3.63, 3.8) is 0 Å². The van der Waals surface area contributed by atoms with E-state index < -0.39 is 11.8 Å². The second-order valence-corrected chi connectivity index (χ2v) is 4.87. The second-order valence-electron chi connectivity index (χ2n) is 4.87. The van der Waals surface area contributed by atoms with Crippen molar-refractivity contribution in [3.05, 3.63) is 35.1 Å². The number of benzene rings is 1. The molecule has 106 valence electrons. The van der Waals surface area contributed by atoms with Crippen LogP contribution in [-0.2, 0) is 16.0 Å². The lowest BCUT2D eigenvalue weighted by atomic mass is 10.1. The van der Waals surface area contributed by atoms with Gasteiger partial charge >= 0.3 is 5.97 Å². The monoisotopic (exact) mass is 269 g/mol. The molecule has 0 spiro atoms. The van der Waals surface area contributed by atoms with Crippen LogP contribution in [-0.4, -0.2) is 32.3 Å². The second kappa shape index (κ2) is 6.63. The molecule has 0 fully saturated rings. The Morgan fingerprint density at radius 2 is 2.05 bits per heavy atom. The Balaban J connectivity index is 2.62. The molecule has 0 bridgehead atoms. The lowest BCUT2D eigenvalue weighted by molar-refractivity contribution is 0.0230. The predicted molar refractivity (Wildman–Crippen MR) is 70.5 cm³/mol. The van der Waals surface area contributed by atoms with Crippen LogP contribution in [0.4, 0.5) is 4.39 Å². The molecular formula is C14H20FNO3. The first-order valence-electron chi connectivity index (χ1n) is 6.02. The highest BCUT2D eigenvalue weighted by atomic mass is 19.1. The molecule has 1 N–H and O–H groups in total. The van der Waals surface area contributed by atoms with Crippen molar-refractivity contribution < 1.29 is 18.7 Å². The number of hydrogen-bond donors (Lipinski definition) is 1. The zero-order valence-corrected chi connectivity index (χ0v) is 11.7. The van der Waals surface area contributed by atoms with Crippen LogP contribution in [0, 0.1) is 5.82 Å². The summed E-state index contributed by atoms with van der Waals surface area (Å²) in [4.78, 5) is 11.2. The average molecular weight is 269 g/mol. The number of carbonyl (C=O) groups is 1. The molecule has 0 aromatic heterocycles. The Morgan fingerprint density at radius 1 is 1.37 bits per heavy atom. The molecule has 0 aliphatic rings. The summed E-state index contributed by atoms with van der Waals surface area (Å²) in [5.41, 5.74) is 0.436. The molecule has 0 atom stereocenters. The van der Waals surface area contributed by atoms with Gasteiger partial charge in [-0.05, 0) is 31.5 Å². The molecule has 0 unspecified atom stereocenters. The molecule has 5 heteroatoms. The normalized spacial score (nSPS) is 11.4. The Bertz CT molecular complexity index is 446. The zero-order chi connectivity index (χ0) is 14.5. The molecule has 0 aliphatic heterocycles. The number of methoxy groups -OCH3 is 2. The van der Waals surface area contributed by atoms with E-state index in [2.05, 4.69) is 10.1 Å². The summed E-state index contributed by atoms with van der Waals surface area (Å²) in [5, 5.41) is 3.17. The molecule has 0 amide bonds. The predicted octanol–water partition coefficient (Wildman–Crippen LogP) is 2.13. The fraction of sp³-hybridized carbons (Fsp3) is 0.500. The molecular weight excluding hydrogens is 249 g/mol. The van der Waals surface area contributed by atoms with E-state index in [0.29, 0.717) is 13.1 Å². The van der Waals surface area contributed by atoms with Crippen LogP contribution in [0.15, 0.2) is 18.2 Å². The lowest BCUT2D eigenvalue weighted by Gasteiger charge is -2.23. The minimum atomic E-state index is -0.669. The van der Waals surface area contributed by atoms with Crippen LogP contribution in [0.2, 0.25) is 0 Å². The molecule has 0 radical (unpaired) electrons. The highest BCUT2D eigenvalue weighted by Crippen LogP contribution is 2.12. The number of hydrogen-bond acceptors (Lipinski definition) is 4. The van der Waals surface area contributed by atoms with Gasteiger partial charge in [-0.2, -0.15) is 0 Å². The van der Waals surface area contributed by atoms with E-state index in [0.717, 1.165) is 5.56 Å². The van der Waals surface area contributed by atoms with Crippen molar-refractivity contribution in [1.29, 1.82) is 0 Å². The van der Waals surface area contributed by atoms with Crippen molar-refractivity contribution >= 4 is 5.97 Å². The van der Waals surface area contributed by atoms with Crippen LogP contribution >= 0.6 is 0 Å². The van der Waals surface area contributed by atoms with Crippen LogP contribution in [0.5, 0.6) is 0 Å². The Kier molecular flexibility index (Phi) is 5.44. The summed E-state index contributed by atoms with van der Waals surface area (Å²) in [6, 6.07) is 4.46. The van der Waals surface area contributed by atoms with Crippen LogP contribution < -0.4 is 5.32 Å². The summed E-state index contributed by atoms with van der Waals surface area (Å²) >= 11 is 0. The molecule has 1 rings (SSSR count). The Morgan fingerprint density at radius 3 is 2.58 bits per heavy atom. The number of nitrogens with one attached hydrogen (secondary N) is 1. The first-order valence-corrected chi connectivity index (χ1v) is 6.02. The van der Waals surface area contributed by atoms with Gasteiger partial charge in [-0.1, -0.05) is 6.07 Å². The first-order chi connectivity index (χ1) is 8.89. The topological polar surface area (TPSA) is 47.6 Å². The van der Waals surface area contributed by atoms with Gasteiger partial charge in [-0.3, -0.25) is 0 Å². The van der Waals surface area contributed by atoms with Gasteiger partial charge in [0, 0.05) is 20.2 Å². The van der Waals surface area contributed by atoms with E-state index in [1.807, 2.05) is 13.8 Å². The molecule has 0 heterocycles. The molecule has 0 saturated heterocycles. The lowest BCUT2D eigenvalue weighted by Crippen LogP contribution is -2.36. The summed E-state index contributed by atoms with van der Waals surface area (Å²) in [7, 11) is 2.87. The zero-order valence-electron chi connectivity index (χ0n) is 11.7. The molecule has 4 nitrogen and oxygen atoms in total. The summed E-state index contributed by atoms with van der Waals surface area (Å²) in [5.74, 6) is -1.24. The minimum absolute atomic E-state index is 0.0523. The quantitative estimate of drug-likeness (QED) is 0.804. The van der Waals surface area contributed by atoms with Gasteiger partial charge in [-0.25, -0.2) is 9.18 Å². The SMILES string of the molecule is COC(=O)c1ccc(CNCC(C)(C)OC)cc1F. The molecule has 1 aromatic rings. The van der Waals surface area contributed by atoms with Gasteiger partial charge < -0.3 is 14.8 Å². The van der Waals surface area contributed by atoms with Crippen LogP contribution in [0.3, 0.4) is 0 Å². The fourth-order valence-corrected chi connectivity index (χ4v) is 1.52. The third-order valence-electron chi connectivity index (χ3n) is 2.87. The molecule has 0 saturated carbocycles. The number of rotatable bonds is 6. The van der Waals surface area contributed by atoms with Gasteiger partial charge in [0.2, 0.25) is 0 Å². The van der Waals surface area contributed by atoms with Crippen molar-refractivity contribution in [3.8, 4) is 0 Å². The molecule has 0 aliphatic carbocycles. The maximum Gasteiger partial charge on any atom is 0.340 e. The number of esters is 1. The van der Waals surface area contributed by atoms with Crippen LogP contribution in [0.25, 0.3) is 0 Å². The third kappa shape index (κ3) is 4.61. The summed E-state index contributed by atoms with van der Waals surface area (Å²) in [6.45, 7) is 5.07. The fourth-order valence-electron chi connectivity index (χ4n) is 1.52. The third-order valence-corrected chi connectivity index (χ3v) is 2.87. The highest BCUT2D eigenvalue weighted by molar-refractivity contribution is 5.89. The van der Waals surface area contributed by atoms with E-state index >= 15 is 0 Å². The van der Waals surface area contributed by atoms with Crippen molar-refractivity contribution in [2.75, 3.05) is 20.8 Å². The first kappa shape index (κ1) is 15.6. The van der Waals surface area contributed by atoms with E-state index in [4.69, 9.17) is 4.74 Å². The summed E-state index contributed by atoms with van der Waals surface area (Å²) < 4.78 is 23.4. The Labute approximate surface area is 112 Å². The number of ether oxygens (including phenoxy) is 2. The van der Waals surface area contributed by atoms with Crippen molar-refractivity contribution in [1.82, 2.24) is 5.32 Å². The number of halogens is 1. The van der Waals surface area contributed by atoms with Crippen molar-refractivity contribution in [2.24, 2.45) is 0 Å². The van der Waals surface area contributed by atoms with Crippen LogP contribution in [0.1, 0.15) is 29.8 Å². The van der Waals surface area contributed by atoms with E-state index in [9.17, 15) is 9.18 Å². The Hall–Kier alpha value is -1.46. The maximum absolute atomic E-state index is 13.7.